The van der Waals surface area contributed by atoms with E-state index >= 15 is 0 Å². The summed E-state index contributed by atoms with van der Waals surface area (Å²) in [6.07, 6.45) is 5.03. The van der Waals surface area contributed by atoms with Gasteiger partial charge in [0, 0.05) is 46.3 Å². The minimum atomic E-state index is -0.0279. The van der Waals surface area contributed by atoms with Crippen LogP contribution in [0, 0.1) is 0 Å². The van der Waals surface area contributed by atoms with E-state index < -0.39 is 0 Å². The molecule has 28 heavy (non-hydrogen) atoms. The van der Waals surface area contributed by atoms with E-state index in [1.807, 2.05) is 43.6 Å². The van der Waals surface area contributed by atoms with E-state index in [4.69, 9.17) is 4.74 Å². The Labute approximate surface area is 163 Å². The zero-order chi connectivity index (χ0) is 19.3. The summed E-state index contributed by atoms with van der Waals surface area (Å²) in [5.41, 5.74) is 5.34. The summed E-state index contributed by atoms with van der Waals surface area (Å²) < 4.78 is 7.44. The minimum Gasteiger partial charge on any atom is -0.497 e. The van der Waals surface area contributed by atoms with Crippen molar-refractivity contribution in [2.75, 3.05) is 7.11 Å². The number of nitrogens with zero attached hydrogens (tertiary/aromatic N) is 1. The molecule has 2 N–H and O–H groups in total. The molecule has 142 valence electrons. The molecule has 0 unspecified atom stereocenters. The lowest BCUT2D eigenvalue weighted by atomic mass is 9.91. The molecule has 4 aromatic rings. The topological polar surface area (TPSA) is 59.0 Å². The van der Waals surface area contributed by atoms with Gasteiger partial charge in [-0.2, -0.15) is 0 Å². The first kappa shape index (κ1) is 16.9. The highest BCUT2D eigenvalue weighted by Gasteiger charge is 2.26. The Kier molecular flexibility index (Phi) is 3.90. The van der Waals surface area contributed by atoms with Gasteiger partial charge in [-0.3, -0.25) is 4.79 Å². The number of hydrogen-bond donors (Lipinski definition) is 2. The first-order valence-corrected chi connectivity index (χ1v) is 9.68. The Bertz CT molecular complexity index is 1200. The highest BCUT2D eigenvalue weighted by Crippen LogP contribution is 2.36. The van der Waals surface area contributed by atoms with Crippen molar-refractivity contribution >= 4 is 27.7 Å². The van der Waals surface area contributed by atoms with Crippen molar-refractivity contribution in [3.8, 4) is 5.75 Å². The fourth-order valence-corrected chi connectivity index (χ4v) is 4.38. The molecule has 0 fully saturated rings. The van der Waals surface area contributed by atoms with Gasteiger partial charge in [0.1, 0.15) is 5.75 Å². The van der Waals surface area contributed by atoms with Crippen LogP contribution in [0.5, 0.6) is 5.75 Å². The van der Waals surface area contributed by atoms with E-state index in [0.717, 1.165) is 47.1 Å². The molecular weight excluding hydrogens is 350 g/mol. The zero-order valence-electron chi connectivity index (χ0n) is 16.1. The number of H-pyrrole nitrogens is 1. The van der Waals surface area contributed by atoms with Gasteiger partial charge in [0.15, 0.2) is 0 Å². The number of fused-ring (bicyclic) bond motifs is 4. The maximum atomic E-state index is 12.9. The van der Waals surface area contributed by atoms with Crippen molar-refractivity contribution in [1.82, 2.24) is 14.9 Å². The average Bonchev–Trinajstić information content (AvgIpc) is 3.28. The smallest absolute Gasteiger partial charge is 0.251 e. The molecular formula is C23H23N3O2. The van der Waals surface area contributed by atoms with Crippen LogP contribution in [-0.2, 0) is 13.5 Å². The standard InChI is InChI=1S/C23H23N3O2/c1-26-11-10-14-12-15(6-9-21(14)26)23(27)25-20-5-3-4-17-18-13-16(28-2)7-8-19(18)24-22(17)20/h6-13,20,24H,3-5H2,1-2H3,(H,25,27)/t20-/m1/s1. The molecule has 5 rings (SSSR count). The lowest BCUT2D eigenvalue weighted by Crippen LogP contribution is -2.31. The van der Waals surface area contributed by atoms with Crippen LogP contribution in [0.2, 0.25) is 0 Å². The summed E-state index contributed by atoms with van der Waals surface area (Å²) in [6, 6.07) is 14.0. The molecule has 2 aromatic carbocycles. The van der Waals surface area contributed by atoms with E-state index in [9.17, 15) is 4.79 Å². The summed E-state index contributed by atoms with van der Waals surface area (Å²) >= 11 is 0. The van der Waals surface area contributed by atoms with Crippen molar-refractivity contribution < 1.29 is 9.53 Å². The lowest BCUT2D eigenvalue weighted by molar-refractivity contribution is 0.0932. The second kappa shape index (κ2) is 6.44. The average molecular weight is 373 g/mol. The van der Waals surface area contributed by atoms with Crippen molar-refractivity contribution in [1.29, 1.82) is 0 Å². The highest BCUT2D eigenvalue weighted by atomic mass is 16.5. The quantitative estimate of drug-likeness (QED) is 0.556. The molecule has 1 atom stereocenters. The van der Waals surface area contributed by atoms with Gasteiger partial charge >= 0.3 is 0 Å². The minimum absolute atomic E-state index is 0.00103. The normalized spacial score (nSPS) is 16.3. The number of amides is 1. The molecule has 0 saturated carbocycles. The van der Waals surface area contributed by atoms with E-state index in [0.29, 0.717) is 5.56 Å². The Hall–Kier alpha value is -3.21. The molecule has 5 heteroatoms. The summed E-state index contributed by atoms with van der Waals surface area (Å²) in [4.78, 5) is 16.5. The van der Waals surface area contributed by atoms with Crippen molar-refractivity contribution in [3.05, 3.63) is 65.5 Å². The highest BCUT2D eigenvalue weighted by molar-refractivity contribution is 5.98. The van der Waals surface area contributed by atoms with Crippen LogP contribution in [-0.4, -0.2) is 22.6 Å². The lowest BCUT2D eigenvalue weighted by Gasteiger charge is -2.24. The molecule has 1 aliphatic carbocycles. The first-order chi connectivity index (χ1) is 13.6. The van der Waals surface area contributed by atoms with E-state index in [2.05, 4.69) is 27.0 Å². The van der Waals surface area contributed by atoms with Gasteiger partial charge in [-0.1, -0.05) is 0 Å². The molecule has 1 aliphatic rings. The van der Waals surface area contributed by atoms with E-state index in [1.54, 1.807) is 7.11 Å². The van der Waals surface area contributed by atoms with Gasteiger partial charge in [-0.05, 0) is 67.3 Å². The number of benzene rings is 2. The Morgan fingerprint density at radius 3 is 2.96 bits per heavy atom. The van der Waals surface area contributed by atoms with Gasteiger partial charge in [-0.15, -0.1) is 0 Å². The van der Waals surface area contributed by atoms with Gasteiger partial charge in [0.25, 0.3) is 5.91 Å². The summed E-state index contributed by atoms with van der Waals surface area (Å²) in [7, 11) is 3.70. The van der Waals surface area contributed by atoms with Gasteiger partial charge in [-0.25, -0.2) is 0 Å². The second-order valence-corrected chi connectivity index (χ2v) is 7.55. The Morgan fingerprint density at radius 1 is 1.21 bits per heavy atom. The van der Waals surface area contributed by atoms with Crippen LogP contribution >= 0.6 is 0 Å². The predicted molar refractivity (Wildman–Crippen MR) is 111 cm³/mol. The number of hydrogen-bond acceptors (Lipinski definition) is 2. The first-order valence-electron chi connectivity index (χ1n) is 9.68. The fraction of sp³-hybridized carbons (Fsp3) is 0.261. The number of aromatic nitrogens is 2. The number of ether oxygens (including phenoxy) is 1. The van der Waals surface area contributed by atoms with E-state index in [-0.39, 0.29) is 11.9 Å². The van der Waals surface area contributed by atoms with Crippen molar-refractivity contribution in [3.63, 3.8) is 0 Å². The van der Waals surface area contributed by atoms with Crippen LogP contribution < -0.4 is 10.1 Å². The van der Waals surface area contributed by atoms with Gasteiger partial charge < -0.3 is 19.6 Å². The third kappa shape index (κ3) is 2.66. The van der Waals surface area contributed by atoms with Crippen molar-refractivity contribution in [2.45, 2.75) is 25.3 Å². The number of carbonyl (C=O) groups is 1. The van der Waals surface area contributed by atoms with Crippen LogP contribution in [0.1, 0.15) is 40.5 Å². The fourth-order valence-electron chi connectivity index (χ4n) is 4.38. The Balaban J connectivity index is 1.46. The molecule has 2 heterocycles. The third-order valence-electron chi connectivity index (χ3n) is 5.87. The van der Waals surface area contributed by atoms with Crippen LogP contribution in [0.4, 0.5) is 0 Å². The van der Waals surface area contributed by atoms with Crippen molar-refractivity contribution in [2.24, 2.45) is 7.05 Å². The number of rotatable bonds is 3. The number of methoxy groups -OCH3 is 1. The number of aryl methyl sites for hydroxylation is 2. The summed E-state index contributed by atoms with van der Waals surface area (Å²) in [5, 5.41) is 5.52. The molecule has 2 aromatic heterocycles. The maximum absolute atomic E-state index is 12.9. The number of carbonyl (C=O) groups excluding carboxylic acids is 1. The van der Waals surface area contributed by atoms with E-state index in [1.165, 1.54) is 10.9 Å². The maximum Gasteiger partial charge on any atom is 0.251 e. The van der Waals surface area contributed by atoms with Gasteiger partial charge in [0.05, 0.1) is 13.2 Å². The zero-order valence-corrected chi connectivity index (χ0v) is 16.1. The molecule has 0 spiro atoms. The summed E-state index contributed by atoms with van der Waals surface area (Å²) in [6.45, 7) is 0. The SMILES string of the molecule is COc1ccc2[nH]c3c(c2c1)CCC[C@H]3NC(=O)c1ccc2c(ccn2C)c1. The number of nitrogens with one attached hydrogen (secondary N) is 2. The monoisotopic (exact) mass is 373 g/mol. The van der Waals surface area contributed by atoms with Gasteiger partial charge in [0.2, 0.25) is 0 Å². The number of aromatic amines is 1. The molecule has 1 amide bonds. The second-order valence-electron chi connectivity index (χ2n) is 7.55. The predicted octanol–water partition coefficient (Wildman–Crippen LogP) is 4.48. The largest absolute Gasteiger partial charge is 0.497 e. The Morgan fingerprint density at radius 2 is 2.11 bits per heavy atom. The molecule has 0 radical (unpaired) electrons. The van der Waals surface area contributed by atoms with Crippen LogP contribution in [0.25, 0.3) is 21.8 Å². The summed E-state index contributed by atoms with van der Waals surface area (Å²) in [5.74, 6) is 0.830. The molecule has 0 aliphatic heterocycles. The molecule has 5 nitrogen and oxygen atoms in total. The molecule has 0 saturated heterocycles. The van der Waals surface area contributed by atoms with Crippen LogP contribution in [0.15, 0.2) is 48.7 Å². The molecule has 0 bridgehead atoms. The van der Waals surface area contributed by atoms with Crippen LogP contribution in [0.3, 0.4) is 0 Å². The third-order valence-corrected chi connectivity index (χ3v) is 5.87.